The number of hydrogen-bond donors (Lipinski definition) is 1. The number of rotatable bonds is 4. The van der Waals surface area contributed by atoms with E-state index in [2.05, 4.69) is 0 Å². The van der Waals surface area contributed by atoms with Gasteiger partial charge in [0.1, 0.15) is 11.5 Å². The minimum atomic E-state index is 0.124. The lowest BCUT2D eigenvalue weighted by atomic mass is 10.1. The van der Waals surface area contributed by atoms with Crippen molar-refractivity contribution in [2.24, 2.45) is 5.73 Å². The Balaban J connectivity index is 2.20. The van der Waals surface area contributed by atoms with E-state index >= 15 is 0 Å². The predicted octanol–water partition coefficient (Wildman–Crippen LogP) is 4.33. The molecule has 0 aliphatic rings. The highest BCUT2D eigenvalue weighted by Gasteiger charge is 2.07. The molecule has 2 aromatic rings. The molecule has 1 atom stereocenters. The van der Waals surface area contributed by atoms with E-state index in [0.717, 1.165) is 23.3 Å². The Morgan fingerprint density at radius 1 is 1.16 bits per heavy atom. The van der Waals surface area contributed by atoms with Crippen molar-refractivity contribution in [3.63, 3.8) is 0 Å². The third-order valence-corrected chi connectivity index (χ3v) is 3.16. The van der Waals surface area contributed by atoms with Crippen LogP contribution in [0.3, 0.4) is 0 Å². The van der Waals surface area contributed by atoms with E-state index in [1.54, 1.807) is 0 Å². The molecular formula is C16H18ClNO. The van der Waals surface area contributed by atoms with Crippen molar-refractivity contribution in [1.29, 1.82) is 0 Å². The molecule has 0 fully saturated rings. The van der Waals surface area contributed by atoms with Crippen LogP contribution in [0.25, 0.3) is 0 Å². The van der Waals surface area contributed by atoms with Crippen LogP contribution in [0.4, 0.5) is 0 Å². The van der Waals surface area contributed by atoms with Crippen LogP contribution in [0.5, 0.6) is 11.5 Å². The molecule has 0 bridgehead atoms. The van der Waals surface area contributed by atoms with Gasteiger partial charge < -0.3 is 10.5 Å². The van der Waals surface area contributed by atoms with E-state index in [0.29, 0.717) is 10.8 Å². The number of nitrogens with two attached hydrogens (primary N) is 1. The van der Waals surface area contributed by atoms with Crippen molar-refractivity contribution >= 4 is 11.6 Å². The zero-order valence-corrected chi connectivity index (χ0v) is 11.9. The number of aryl methyl sites for hydroxylation is 1. The van der Waals surface area contributed by atoms with Gasteiger partial charge in [-0.05, 0) is 49.6 Å². The van der Waals surface area contributed by atoms with Gasteiger partial charge in [-0.25, -0.2) is 0 Å². The molecule has 100 valence electrons. The molecule has 0 aliphatic heterocycles. The van der Waals surface area contributed by atoms with Crippen molar-refractivity contribution in [3.8, 4) is 11.5 Å². The molecule has 0 saturated heterocycles. The Bertz CT molecular complexity index is 566. The SMILES string of the molecule is Cc1ccccc1Oc1ccc(CC(C)N)cc1Cl. The fourth-order valence-corrected chi connectivity index (χ4v) is 2.16. The number of halogens is 1. The van der Waals surface area contributed by atoms with Crippen LogP contribution < -0.4 is 10.5 Å². The lowest BCUT2D eigenvalue weighted by Gasteiger charge is -2.12. The van der Waals surface area contributed by atoms with Crippen LogP contribution in [-0.4, -0.2) is 6.04 Å². The summed E-state index contributed by atoms with van der Waals surface area (Å²) < 4.78 is 5.84. The number of ether oxygens (including phenoxy) is 1. The summed E-state index contributed by atoms with van der Waals surface area (Å²) in [6.07, 6.45) is 0.810. The first kappa shape index (κ1) is 13.9. The maximum Gasteiger partial charge on any atom is 0.146 e. The molecule has 2 aromatic carbocycles. The molecule has 0 spiro atoms. The molecule has 1 unspecified atom stereocenters. The highest BCUT2D eigenvalue weighted by molar-refractivity contribution is 6.32. The quantitative estimate of drug-likeness (QED) is 0.901. The number of benzene rings is 2. The van der Waals surface area contributed by atoms with E-state index in [-0.39, 0.29) is 6.04 Å². The van der Waals surface area contributed by atoms with E-state index in [4.69, 9.17) is 22.1 Å². The maximum atomic E-state index is 6.25. The molecule has 3 heteroatoms. The van der Waals surface area contributed by atoms with Gasteiger partial charge in [0.25, 0.3) is 0 Å². The maximum absolute atomic E-state index is 6.25. The largest absolute Gasteiger partial charge is 0.456 e. The first-order valence-corrected chi connectivity index (χ1v) is 6.71. The summed E-state index contributed by atoms with van der Waals surface area (Å²) in [4.78, 5) is 0. The van der Waals surface area contributed by atoms with Gasteiger partial charge in [0.05, 0.1) is 5.02 Å². The summed E-state index contributed by atoms with van der Waals surface area (Å²) in [5.41, 5.74) is 7.99. The molecule has 0 amide bonds. The highest BCUT2D eigenvalue weighted by Crippen LogP contribution is 2.31. The van der Waals surface area contributed by atoms with Gasteiger partial charge in [-0.15, -0.1) is 0 Å². The molecule has 19 heavy (non-hydrogen) atoms. The molecule has 2 N–H and O–H groups in total. The molecule has 0 radical (unpaired) electrons. The van der Waals surface area contributed by atoms with Gasteiger partial charge >= 0.3 is 0 Å². The van der Waals surface area contributed by atoms with Crippen molar-refractivity contribution in [1.82, 2.24) is 0 Å². The zero-order valence-electron chi connectivity index (χ0n) is 11.2. The van der Waals surface area contributed by atoms with Crippen molar-refractivity contribution < 1.29 is 4.74 Å². The third-order valence-electron chi connectivity index (χ3n) is 2.87. The van der Waals surface area contributed by atoms with Gasteiger partial charge in [0.15, 0.2) is 0 Å². The molecule has 2 rings (SSSR count). The highest BCUT2D eigenvalue weighted by atomic mass is 35.5. The zero-order chi connectivity index (χ0) is 13.8. The van der Waals surface area contributed by atoms with Gasteiger partial charge in [-0.2, -0.15) is 0 Å². The summed E-state index contributed by atoms with van der Waals surface area (Å²) in [7, 11) is 0. The normalized spacial score (nSPS) is 12.2. The number of hydrogen-bond acceptors (Lipinski definition) is 2. The Labute approximate surface area is 119 Å². The van der Waals surface area contributed by atoms with Gasteiger partial charge in [-0.3, -0.25) is 0 Å². The second kappa shape index (κ2) is 6.09. The van der Waals surface area contributed by atoms with Crippen LogP contribution in [0.2, 0.25) is 5.02 Å². The van der Waals surface area contributed by atoms with E-state index < -0.39 is 0 Å². The second-order valence-corrected chi connectivity index (χ2v) is 5.22. The first-order chi connectivity index (χ1) is 9.06. The van der Waals surface area contributed by atoms with Crippen molar-refractivity contribution in [2.45, 2.75) is 26.3 Å². The average molecular weight is 276 g/mol. The topological polar surface area (TPSA) is 35.2 Å². The van der Waals surface area contributed by atoms with Crippen LogP contribution in [0.1, 0.15) is 18.1 Å². The molecule has 0 heterocycles. The van der Waals surface area contributed by atoms with E-state index in [1.165, 1.54) is 0 Å². The number of para-hydroxylation sites is 1. The van der Waals surface area contributed by atoms with Crippen molar-refractivity contribution in [2.75, 3.05) is 0 Å². The van der Waals surface area contributed by atoms with Crippen LogP contribution in [-0.2, 0) is 6.42 Å². The Kier molecular flexibility index (Phi) is 4.46. The van der Waals surface area contributed by atoms with Crippen LogP contribution in [0.15, 0.2) is 42.5 Å². The first-order valence-electron chi connectivity index (χ1n) is 6.34. The molecule has 2 nitrogen and oxygen atoms in total. The summed E-state index contributed by atoms with van der Waals surface area (Å²) in [6, 6.07) is 13.8. The summed E-state index contributed by atoms with van der Waals surface area (Å²) in [5, 5.41) is 0.612. The van der Waals surface area contributed by atoms with Gasteiger partial charge in [0.2, 0.25) is 0 Å². The average Bonchev–Trinajstić information content (AvgIpc) is 2.34. The predicted molar refractivity (Wildman–Crippen MR) is 80.1 cm³/mol. The monoisotopic (exact) mass is 275 g/mol. The molecular weight excluding hydrogens is 258 g/mol. The standard InChI is InChI=1S/C16H18ClNO/c1-11-5-3-4-6-15(11)19-16-8-7-13(9-12(2)18)10-14(16)17/h3-8,10,12H,9,18H2,1-2H3. The minimum Gasteiger partial charge on any atom is -0.456 e. The van der Waals surface area contributed by atoms with Crippen LogP contribution in [0, 0.1) is 6.92 Å². The molecule has 0 aromatic heterocycles. The van der Waals surface area contributed by atoms with Gasteiger partial charge in [0, 0.05) is 6.04 Å². The molecule has 0 saturated carbocycles. The fourth-order valence-electron chi connectivity index (χ4n) is 1.92. The smallest absolute Gasteiger partial charge is 0.146 e. The Hall–Kier alpha value is -1.51. The van der Waals surface area contributed by atoms with Crippen LogP contribution >= 0.6 is 11.6 Å². The Morgan fingerprint density at radius 2 is 1.89 bits per heavy atom. The minimum absolute atomic E-state index is 0.124. The summed E-state index contributed by atoms with van der Waals surface area (Å²) >= 11 is 6.25. The summed E-state index contributed by atoms with van der Waals surface area (Å²) in [5.74, 6) is 1.49. The van der Waals surface area contributed by atoms with E-state index in [1.807, 2.05) is 56.3 Å². The second-order valence-electron chi connectivity index (χ2n) is 4.81. The lowest BCUT2D eigenvalue weighted by molar-refractivity contribution is 0.479. The Morgan fingerprint density at radius 3 is 2.53 bits per heavy atom. The summed E-state index contributed by atoms with van der Waals surface area (Å²) in [6.45, 7) is 3.99. The lowest BCUT2D eigenvalue weighted by Crippen LogP contribution is -2.17. The molecule has 0 aliphatic carbocycles. The van der Waals surface area contributed by atoms with Gasteiger partial charge in [-0.1, -0.05) is 35.9 Å². The fraction of sp³-hybridized carbons (Fsp3) is 0.250. The van der Waals surface area contributed by atoms with Crippen molar-refractivity contribution in [3.05, 3.63) is 58.6 Å². The van der Waals surface area contributed by atoms with E-state index in [9.17, 15) is 0 Å². The third kappa shape index (κ3) is 3.72.